The molecule has 0 unspecified atom stereocenters. The van der Waals surface area contributed by atoms with Crippen LogP contribution >= 0.6 is 0 Å². The normalized spacial score (nSPS) is 18.6. The lowest BCUT2D eigenvalue weighted by Gasteiger charge is -2.40. The summed E-state index contributed by atoms with van der Waals surface area (Å²) < 4.78 is 21.9. The number of hydrogen-bond donors (Lipinski definition) is 0. The van der Waals surface area contributed by atoms with E-state index in [2.05, 4.69) is 13.8 Å². The molecule has 28 heavy (non-hydrogen) atoms. The van der Waals surface area contributed by atoms with Crippen molar-refractivity contribution in [1.82, 2.24) is 0 Å². The van der Waals surface area contributed by atoms with Crippen LogP contribution in [0.3, 0.4) is 0 Å². The quantitative estimate of drug-likeness (QED) is 0.643. The van der Waals surface area contributed by atoms with Gasteiger partial charge < -0.3 is 18.9 Å². The van der Waals surface area contributed by atoms with Gasteiger partial charge in [0, 0.05) is 0 Å². The summed E-state index contributed by atoms with van der Waals surface area (Å²) in [5.74, 6) is 1.90. The van der Waals surface area contributed by atoms with E-state index in [4.69, 9.17) is 18.9 Å². The van der Waals surface area contributed by atoms with Crippen LogP contribution in [0, 0.1) is 10.8 Å². The average molecular weight is 385 g/mol. The van der Waals surface area contributed by atoms with Crippen molar-refractivity contribution in [2.75, 3.05) is 39.6 Å². The van der Waals surface area contributed by atoms with Crippen LogP contribution in [0.1, 0.15) is 26.7 Å². The Bertz CT molecular complexity index is 606. The molecule has 2 aliphatic heterocycles. The molecule has 2 aromatic rings. The highest BCUT2D eigenvalue weighted by Crippen LogP contribution is 2.32. The lowest BCUT2D eigenvalue weighted by atomic mass is 9.84. The van der Waals surface area contributed by atoms with E-state index in [1.807, 2.05) is 60.7 Å². The summed E-state index contributed by atoms with van der Waals surface area (Å²) in [7, 11) is 0. The molecule has 2 fully saturated rings. The molecule has 0 atom stereocenters. The van der Waals surface area contributed by atoms with Crippen molar-refractivity contribution >= 4 is 0 Å². The molecule has 4 rings (SSSR count). The highest BCUT2D eigenvalue weighted by Gasteiger charge is 2.38. The number of hydrogen-bond acceptors (Lipinski definition) is 4. The van der Waals surface area contributed by atoms with Gasteiger partial charge in [0.2, 0.25) is 0 Å². The van der Waals surface area contributed by atoms with Crippen LogP contribution in [0.25, 0.3) is 0 Å². The predicted octanol–water partition coefficient (Wildman–Crippen LogP) is 4.98. The van der Waals surface area contributed by atoms with Gasteiger partial charge in [-0.3, -0.25) is 0 Å². The molecule has 0 aromatic heterocycles. The second kappa shape index (κ2) is 9.94. The summed E-state index contributed by atoms with van der Waals surface area (Å²) in [4.78, 5) is 0. The lowest BCUT2D eigenvalue weighted by Crippen LogP contribution is -2.46. The van der Waals surface area contributed by atoms with Gasteiger partial charge in [-0.05, 0) is 37.1 Å². The highest BCUT2D eigenvalue weighted by molar-refractivity contribution is 5.21. The van der Waals surface area contributed by atoms with Crippen LogP contribution in [0.2, 0.25) is 0 Å². The minimum absolute atomic E-state index is 0.274. The van der Waals surface area contributed by atoms with Gasteiger partial charge in [0.05, 0.1) is 50.5 Å². The van der Waals surface area contributed by atoms with Gasteiger partial charge in [0.15, 0.2) is 0 Å². The molecule has 0 aliphatic carbocycles. The third-order valence-electron chi connectivity index (χ3n) is 5.71. The van der Waals surface area contributed by atoms with Crippen LogP contribution in [0.5, 0.6) is 11.5 Å². The van der Waals surface area contributed by atoms with Gasteiger partial charge in [0.25, 0.3) is 0 Å². The molecule has 0 radical (unpaired) electrons. The summed E-state index contributed by atoms with van der Waals surface area (Å²) in [5.41, 5.74) is 0.547. The van der Waals surface area contributed by atoms with E-state index in [0.717, 1.165) is 64.0 Å². The van der Waals surface area contributed by atoms with Crippen LogP contribution < -0.4 is 9.47 Å². The Morgan fingerprint density at radius 2 is 1.00 bits per heavy atom. The Kier molecular flexibility index (Phi) is 7.35. The van der Waals surface area contributed by atoms with Crippen molar-refractivity contribution in [3.05, 3.63) is 60.7 Å². The van der Waals surface area contributed by atoms with Crippen molar-refractivity contribution < 1.29 is 18.9 Å². The summed E-state index contributed by atoms with van der Waals surface area (Å²) in [6.45, 7) is 9.30. The van der Waals surface area contributed by atoms with Gasteiger partial charge in [-0.25, -0.2) is 0 Å². The summed E-state index contributed by atoms with van der Waals surface area (Å²) >= 11 is 0. The van der Waals surface area contributed by atoms with Gasteiger partial charge in [-0.2, -0.15) is 0 Å². The topological polar surface area (TPSA) is 36.9 Å². The molecular weight excluding hydrogens is 352 g/mol. The molecule has 2 aliphatic rings. The third-order valence-corrected chi connectivity index (χ3v) is 5.71. The summed E-state index contributed by atoms with van der Waals surface area (Å²) in [5, 5.41) is 0. The Balaban J connectivity index is 0.000000161. The second-order valence-electron chi connectivity index (χ2n) is 7.90. The molecule has 2 aromatic carbocycles. The van der Waals surface area contributed by atoms with Crippen LogP contribution in [-0.2, 0) is 9.47 Å². The monoisotopic (exact) mass is 384 g/mol. The first-order chi connectivity index (χ1) is 13.7. The molecule has 152 valence electrons. The van der Waals surface area contributed by atoms with Gasteiger partial charge in [0.1, 0.15) is 11.5 Å². The predicted molar refractivity (Wildman–Crippen MR) is 111 cm³/mol. The van der Waals surface area contributed by atoms with E-state index < -0.39 is 0 Å². The number of benzene rings is 2. The van der Waals surface area contributed by atoms with E-state index in [9.17, 15) is 0 Å². The molecule has 4 nitrogen and oxygen atoms in total. The molecule has 0 spiro atoms. The Morgan fingerprint density at radius 3 is 1.25 bits per heavy atom. The zero-order valence-corrected chi connectivity index (χ0v) is 17.1. The molecular formula is C24H32O4. The molecule has 4 heteroatoms. The van der Waals surface area contributed by atoms with Gasteiger partial charge in [-0.1, -0.05) is 50.2 Å². The third kappa shape index (κ3) is 5.49. The standard InChI is InChI=1S/2C12H16O2/c2*1-2-12(8-13-9-12)10-14-11-6-4-3-5-7-11/h2*3-7H,2,8-10H2,1H3. The maximum atomic E-state index is 5.72. The molecule has 0 saturated carbocycles. The van der Waals surface area contributed by atoms with Crippen molar-refractivity contribution in [2.45, 2.75) is 26.7 Å². The zero-order chi connectivity index (χ0) is 19.7. The SMILES string of the molecule is CCC1(COc2ccccc2)COC1.CCC1(COc2ccccc2)COC1. The largest absolute Gasteiger partial charge is 0.493 e. The summed E-state index contributed by atoms with van der Waals surface area (Å²) in [6, 6.07) is 19.9. The fraction of sp³-hybridized carbons (Fsp3) is 0.500. The Hall–Kier alpha value is -2.04. The maximum Gasteiger partial charge on any atom is 0.119 e. The van der Waals surface area contributed by atoms with Gasteiger partial charge in [-0.15, -0.1) is 0 Å². The van der Waals surface area contributed by atoms with E-state index in [1.165, 1.54) is 0 Å². The van der Waals surface area contributed by atoms with E-state index in [0.29, 0.717) is 0 Å². The second-order valence-corrected chi connectivity index (χ2v) is 7.90. The molecule has 2 heterocycles. The maximum absolute atomic E-state index is 5.72. The molecule has 0 bridgehead atoms. The zero-order valence-electron chi connectivity index (χ0n) is 17.1. The van der Waals surface area contributed by atoms with Crippen LogP contribution in [-0.4, -0.2) is 39.6 Å². The Labute approximate surface area is 168 Å². The number of para-hydroxylation sites is 2. The van der Waals surface area contributed by atoms with Crippen molar-refractivity contribution in [2.24, 2.45) is 10.8 Å². The average Bonchev–Trinajstić information content (AvgIpc) is 2.69. The van der Waals surface area contributed by atoms with Gasteiger partial charge >= 0.3 is 0 Å². The molecule has 0 amide bonds. The number of ether oxygens (including phenoxy) is 4. The fourth-order valence-electron chi connectivity index (χ4n) is 3.07. The van der Waals surface area contributed by atoms with E-state index >= 15 is 0 Å². The highest BCUT2D eigenvalue weighted by atomic mass is 16.5. The smallest absolute Gasteiger partial charge is 0.119 e. The first-order valence-corrected chi connectivity index (χ1v) is 10.2. The van der Waals surface area contributed by atoms with E-state index in [1.54, 1.807) is 0 Å². The minimum atomic E-state index is 0.274. The Morgan fingerprint density at radius 1 is 0.643 bits per heavy atom. The first kappa shape index (κ1) is 20.7. The van der Waals surface area contributed by atoms with E-state index in [-0.39, 0.29) is 10.8 Å². The van der Waals surface area contributed by atoms with Crippen LogP contribution in [0.4, 0.5) is 0 Å². The molecule has 2 saturated heterocycles. The lowest BCUT2D eigenvalue weighted by molar-refractivity contribution is -0.133. The number of rotatable bonds is 8. The summed E-state index contributed by atoms with van der Waals surface area (Å²) in [6.07, 6.45) is 2.25. The minimum Gasteiger partial charge on any atom is -0.493 e. The first-order valence-electron chi connectivity index (χ1n) is 10.2. The van der Waals surface area contributed by atoms with Crippen molar-refractivity contribution in [1.29, 1.82) is 0 Å². The fourth-order valence-corrected chi connectivity index (χ4v) is 3.07. The molecule has 0 N–H and O–H groups in total. The van der Waals surface area contributed by atoms with Crippen molar-refractivity contribution in [3.63, 3.8) is 0 Å². The van der Waals surface area contributed by atoms with Crippen LogP contribution in [0.15, 0.2) is 60.7 Å². The van der Waals surface area contributed by atoms with Crippen molar-refractivity contribution in [3.8, 4) is 11.5 Å².